The van der Waals surface area contributed by atoms with E-state index < -0.39 is 48.1 Å². The first kappa shape index (κ1) is 30.9. The van der Waals surface area contributed by atoms with Crippen molar-refractivity contribution in [2.24, 2.45) is 5.73 Å². The summed E-state index contributed by atoms with van der Waals surface area (Å²) in [5, 5.41) is 15.2. The molecule has 0 aliphatic rings. The Labute approximate surface area is 213 Å². The molecule has 0 aliphatic heterocycles. The Kier molecular flexibility index (Phi) is 12.4. The molecule has 0 aromatic heterocycles. The van der Waals surface area contributed by atoms with Gasteiger partial charge in [-0.25, -0.2) is 4.79 Å². The molecule has 10 heteroatoms. The zero-order chi connectivity index (χ0) is 27.5. The van der Waals surface area contributed by atoms with E-state index in [0.29, 0.717) is 12.1 Å². The molecule has 1 aromatic rings. The second kappa shape index (κ2) is 14.4. The van der Waals surface area contributed by atoms with Gasteiger partial charge in [-0.2, -0.15) is 0 Å². The van der Waals surface area contributed by atoms with Crippen LogP contribution in [0.2, 0.25) is 0 Å². The maximum atomic E-state index is 13.8. The summed E-state index contributed by atoms with van der Waals surface area (Å²) in [6, 6.07) is 3.22. The molecule has 2 unspecified atom stereocenters. The molecule has 0 saturated carbocycles. The van der Waals surface area contributed by atoms with Gasteiger partial charge in [-0.15, -0.1) is 0 Å². The summed E-state index contributed by atoms with van der Waals surface area (Å²) in [5.41, 5.74) is 6.86. The monoisotopic (exact) mass is 506 g/mol. The number of benzene rings is 1. The zero-order valence-electron chi connectivity index (χ0n) is 22.3. The second-order valence-electron chi connectivity index (χ2n) is 9.80. The third-order valence-corrected chi connectivity index (χ3v) is 5.62. The van der Waals surface area contributed by atoms with Crippen molar-refractivity contribution in [1.29, 1.82) is 0 Å². The lowest BCUT2D eigenvalue weighted by molar-refractivity contribution is -0.143. The normalized spacial score (nSPS) is 12.9. The molecule has 4 amide bonds. The largest absolute Gasteiger partial charge is 0.444 e. The first-order valence-corrected chi connectivity index (χ1v) is 12.3. The molecular weight excluding hydrogens is 464 g/mol. The molecule has 0 spiro atoms. The van der Waals surface area contributed by atoms with E-state index in [2.05, 4.69) is 10.6 Å². The van der Waals surface area contributed by atoms with Crippen molar-refractivity contribution < 1.29 is 29.0 Å². The van der Waals surface area contributed by atoms with Crippen LogP contribution >= 0.6 is 0 Å². The van der Waals surface area contributed by atoms with Crippen LogP contribution in [0.3, 0.4) is 0 Å². The zero-order valence-corrected chi connectivity index (χ0v) is 22.3. The SMILES string of the molecule is CCCCNC(=O)C(c1cccc(C)c1C)N(CCO)C(=O)C(CCC(N)=O)NC(=O)OC(C)(C)C. The number of hydrogen-bond donors (Lipinski definition) is 4. The molecule has 5 N–H and O–H groups in total. The van der Waals surface area contributed by atoms with Crippen molar-refractivity contribution in [2.45, 2.75) is 84.9 Å². The first-order valence-electron chi connectivity index (χ1n) is 12.3. The van der Waals surface area contributed by atoms with E-state index in [4.69, 9.17) is 10.5 Å². The number of amides is 4. The maximum absolute atomic E-state index is 13.8. The van der Waals surface area contributed by atoms with Gasteiger partial charge in [0.25, 0.3) is 0 Å². The summed E-state index contributed by atoms with van der Waals surface area (Å²) in [7, 11) is 0. The number of nitrogens with zero attached hydrogens (tertiary/aromatic N) is 1. The number of primary amides is 1. The van der Waals surface area contributed by atoms with Gasteiger partial charge in [-0.3, -0.25) is 14.4 Å². The molecule has 0 bridgehead atoms. The Hall–Kier alpha value is -3.14. The summed E-state index contributed by atoms with van der Waals surface area (Å²) in [5.74, 6) is -1.67. The van der Waals surface area contributed by atoms with Crippen molar-refractivity contribution >= 4 is 23.8 Å². The lowest BCUT2D eigenvalue weighted by Crippen LogP contribution is -2.54. The molecule has 0 aliphatic carbocycles. The number of unbranched alkanes of at least 4 members (excludes halogenated alkanes) is 1. The molecule has 1 aromatic carbocycles. The fraction of sp³-hybridized carbons (Fsp3) is 0.615. The standard InChI is InChI=1S/C26H42N4O6/c1-7-8-14-28-23(33)22(19-11-9-10-17(2)18(19)3)30(15-16-31)24(34)20(12-13-21(27)32)29-25(35)36-26(4,5)6/h9-11,20,22,31H,7-8,12-16H2,1-6H3,(H2,27,32)(H,28,33)(H,29,35). The fourth-order valence-corrected chi connectivity index (χ4v) is 3.67. The summed E-state index contributed by atoms with van der Waals surface area (Å²) in [4.78, 5) is 52.5. The molecule has 0 saturated heterocycles. The van der Waals surface area contributed by atoms with Gasteiger partial charge in [0.05, 0.1) is 6.61 Å². The minimum Gasteiger partial charge on any atom is -0.444 e. The van der Waals surface area contributed by atoms with Crippen LogP contribution in [0.5, 0.6) is 0 Å². The van der Waals surface area contributed by atoms with Crippen LogP contribution in [0.25, 0.3) is 0 Å². The van der Waals surface area contributed by atoms with Crippen LogP contribution < -0.4 is 16.4 Å². The summed E-state index contributed by atoms with van der Waals surface area (Å²) in [6.07, 6.45) is 0.538. The quantitative estimate of drug-likeness (QED) is 0.301. The highest BCUT2D eigenvalue weighted by atomic mass is 16.6. The number of ether oxygens (including phenoxy) is 1. The van der Waals surface area contributed by atoms with E-state index in [0.717, 1.165) is 24.0 Å². The highest BCUT2D eigenvalue weighted by molar-refractivity contribution is 5.92. The summed E-state index contributed by atoms with van der Waals surface area (Å²) >= 11 is 0. The number of aryl methyl sites for hydroxylation is 1. The van der Waals surface area contributed by atoms with E-state index in [1.807, 2.05) is 26.8 Å². The number of hydrogen-bond acceptors (Lipinski definition) is 6. The van der Waals surface area contributed by atoms with Gasteiger partial charge in [-0.05, 0) is 64.2 Å². The van der Waals surface area contributed by atoms with E-state index in [1.54, 1.807) is 32.9 Å². The number of aliphatic hydroxyl groups excluding tert-OH is 1. The minimum atomic E-state index is -1.20. The molecule has 0 heterocycles. The lowest BCUT2D eigenvalue weighted by atomic mass is 9.94. The van der Waals surface area contributed by atoms with Gasteiger partial charge >= 0.3 is 6.09 Å². The number of nitrogens with one attached hydrogen (secondary N) is 2. The Bertz CT molecular complexity index is 912. The summed E-state index contributed by atoms with van der Waals surface area (Å²) < 4.78 is 5.29. The minimum absolute atomic E-state index is 0.0910. The average molecular weight is 507 g/mol. The fourth-order valence-electron chi connectivity index (χ4n) is 3.67. The van der Waals surface area contributed by atoms with Gasteiger partial charge in [0.2, 0.25) is 17.7 Å². The molecule has 0 fully saturated rings. The number of carbonyl (C=O) groups is 4. The van der Waals surface area contributed by atoms with Crippen LogP contribution in [-0.4, -0.2) is 65.2 Å². The van der Waals surface area contributed by atoms with Gasteiger partial charge in [-0.1, -0.05) is 31.5 Å². The van der Waals surface area contributed by atoms with Crippen molar-refractivity contribution in [3.63, 3.8) is 0 Å². The van der Waals surface area contributed by atoms with Crippen LogP contribution in [0.15, 0.2) is 18.2 Å². The highest BCUT2D eigenvalue weighted by Gasteiger charge is 2.36. The Morgan fingerprint density at radius 1 is 1.17 bits per heavy atom. The molecule has 10 nitrogen and oxygen atoms in total. The lowest BCUT2D eigenvalue weighted by Gasteiger charge is -2.35. The van der Waals surface area contributed by atoms with Crippen molar-refractivity contribution in [1.82, 2.24) is 15.5 Å². The van der Waals surface area contributed by atoms with Crippen molar-refractivity contribution in [2.75, 3.05) is 19.7 Å². The smallest absolute Gasteiger partial charge is 0.408 e. The maximum Gasteiger partial charge on any atom is 0.408 e. The number of rotatable bonds is 13. The van der Waals surface area contributed by atoms with E-state index in [1.165, 1.54) is 4.90 Å². The van der Waals surface area contributed by atoms with Crippen LogP contribution in [0, 0.1) is 13.8 Å². The van der Waals surface area contributed by atoms with E-state index in [9.17, 15) is 24.3 Å². The topological polar surface area (TPSA) is 151 Å². The number of aliphatic hydroxyl groups is 1. The van der Waals surface area contributed by atoms with Gasteiger partial charge in [0.1, 0.15) is 17.7 Å². The molecular formula is C26H42N4O6. The summed E-state index contributed by atoms with van der Waals surface area (Å²) in [6.45, 7) is 10.7. The third kappa shape index (κ3) is 9.85. The van der Waals surface area contributed by atoms with Gasteiger partial charge in [0, 0.05) is 19.5 Å². The van der Waals surface area contributed by atoms with Crippen molar-refractivity contribution in [3.05, 3.63) is 34.9 Å². The Morgan fingerprint density at radius 2 is 1.83 bits per heavy atom. The van der Waals surface area contributed by atoms with Gasteiger partial charge in [0.15, 0.2) is 0 Å². The predicted molar refractivity (Wildman–Crippen MR) is 137 cm³/mol. The van der Waals surface area contributed by atoms with Crippen LogP contribution in [0.4, 0.5) is 4.79 Å². The average Bonchev–Trinajstić information content (AvgIpc) is 2.77. The molecule has 1 rings (SSSR count). The van der Waals surface area contributed by atoms with E-state index >= 15 is 0 Å². The second-order valence-corrected chi connectivity index (χ2v) is 9.80. The molecule has 0 radical (unpaired) electrons. The Balaban J connectivity index is 3.47. The molecule has 202 valence electrons. The number of carbonyl (C=O) groups excluding carboxylic acids is 4. The molecule has 36 heavy (non-hydrogen) atoms. The Morgan fingerprint density at radius 3 is 2.39 bits per heavy atom. The number of alkyl carbamates (subject to hydrolysis) is 1. The highest BCUT2D eigenvalue weighted by Crippen LogP contribution is 2.27. The first-order chi connectivity index (χ1) is 16.8. The van der Waals surface area contributed by atoms with E-state index in [-0.39, 0.29) is 19.4 Å². The number of nitrogens with two attached hydrogens (primary N) is 1. The third-order valence-electron chi connectivity index (χ3n) is 5.62. The van der Waals surface area contributed by atoms with Gasteiger partial charge < -0.3 is 31.1 Å². The van der Waals surface area contributed by atoms with Crippen molar-refractivity contribution in [3.8, 4) is 0 Å². The van der Waals surface area contributed by atoms with Crippen LogP contribution in [-0.2, 0) is 19.1 Å². The molecule has 2 atom stereocenters. The predicted octanol–water partition coefficient (Wildman–Crippen LogP) is 2.24. The van der Waals surface area contributed by atoms with Crippen LogP contribution in [0.1, 0.15) is 76.1 Å².